The van der Waals surface area contributed by atoms with E-state index in [1.807, 2.05) is 50.8 Å². The van der Waals surface area contributed by atoms with Crippen molar-refractivity contribution in [2.45, 2.75) is 27.7 Å². The van der Waals surface area contributed by atoms with Gasteiger partial charge in [0.2, 0.25) is 0 Å². The predicted octanol–water partition coefficient (Wildman–Crippen LogP) is 17.0. The van der Waals surface area contributed by atoms with Gasteiger partial charge in [-0.15, -0.1) is 0 Å². The van der Waals surface area contributed by atoms with E-state index in [2.05, 4.69) is 227 Å². The van der Waals surface area contributed by atoms with Crippen molar-refractivity contribution >= 4 is 38.9 Å². The molecule has 11 rings (SSSR count). The second-order valence-electron chi connectivity index (χ2n) is 16.4. The summed E-state index contributed by atoms with van der Waals surface area (Å²) in [7, 11) is 0. The maximum Gasteiger partial charge on any atom is 0.0543 e. The Morgan fingerprint density at radius 1 is 0.364 bits per heavy atom. The van der Waals surface area contributed by atoms with Crippen LogP contribution in [0, 0.1) is 13.8 Å². The molecule has 3 heterocycles. The molecule has 0 amide bonds. The lowest BCUT2D eigenvalue weighted by molar-refractivity contribution is 1.17. The molecule has 0 spiro atoms. The number of aromatic nitrogens is 3. The number of hydrogen-bond donors (Lipinski definition) is 0. The summed E-state index contributed by atoms with van der Waals surface area (Å²) in [6.45, 7) is 8.43. The summed E-state index contributed by atoms with van der Waals surface area (Å²) in [5.41, 5.74) is 21.0. The number of aryl methyl sites for hydroxylation is 2. The highest BCUT2D eigenvalue weighted by atomic mass is 15.1. The maximum absolute atomic E-state index is 4.34. The van der Waals surface area contributed by atoms with Gasteiger partial charge in [-0.3, -0.25) is 9.97 Å². The van der Waals surface area contributed by atoms with Crippen LogP contribution in [0.25, 0.3) is 83.1 Å². The molecule has 3 aromatic heterocycles. The normalized spacial score (nSPS) is 11.0. The minimum Gasteiger partial charge on any atom is -0.311 e. The second kappa shape index (κ2) is 18.4. The fourth-order valence-electron chi connectivity index (χ4n) is 9.26. The van der Waals surface area contributed by atoms with Crippen molar-refractivity contribution in [1.82, 2.24) is 14.5 Å². The molecular formula is C62H50N4. The van der Waals surface area contributed by atoms with Crippen LogP contribution in [-0.2, 0) is 0 Å². The first-order valence-electron chi connectivity index (χ1n) is 22.8. The zero-order chi connectivity index (χ0) is 45.0. The Morgan fingerprint density at radius 2 is 0.833 bits per heavy atom. The fraction of sp³-hybridized carbons (Fsp3) is 0.0645. The van der Waals surface area contributed by atoms with Crippen molar-refractivity contribution in [2.24, 2.45) is 0 Å². The van der Waals surface area contributed by atoms with E-state index in [9.17, 15) is 0 Å². The number of benzene rings is 8. The van der Waals surface area contributed by atoms with Crippen molar-refractivity contribution in [2.75, 3.05) is 4.90 Å². The first kappa shape index (κ1) is 41.7. The molecule has 66 heavy (non-hydrogen) atoms. The van der Waals surface area contributed by atoms with Crippen LogP contribution >= 0.6 is 0 Å². The molecule has 0 bridgehead atoms. The third kappa shape index (κ3) is 7.95. The van der Waals surface area contributed by atoms with Gasteiger partial charge in [-0.05, 0) is 154 Å². The molecule has 318 valence electrons. The van der Waals surface area contributed by atoms with E-state index in [4.69, 9.17) is 0 Å². The Labute approximate surface area is 387 Å². The van der Waals surface area contributed by atoms with Gasteiger partial charge in [0, 0.05) is 58.2 Å². The van der Waals surface area contributed by atoms with Crippen LogP contribution in [0.4, 0.5) is 17.1 Å². The van der Waals surface area contributed by atoms with E-state index >= 15 is 0 Å². The van der Waals surface area contributed by atoms with Crippen molar-refractivity contribution in [3.8, 4) is 61.3 Å². The Bertz CT molecular complexity index is 3340. The first-order chi connectivity index (χ1) is 32.6. The van der Waals surface area contributed by atoms with Crippen LogP contribution in [0.5, 0.6) is 0 Å². The molecule has 0 saturated heterocycles. The maximum atomic E-state index is 4.34. The third-order valence-corrected chi connectivity index (χ3v) is 12.5. The molecule has 0 N–H and O–H groups in total. The zero-order valence-corrected chi connectivity index (χ0v) is 37.7. The van der Waals surface area contributed by atoms with Crippen molar-refractivity contribution in [3.05, 3.63) is 242 Å². The molecule has 0 atom stereocenters. The average Bonchev–Trinajstić information content (AvgIpc) is 3.72. The number of anilines is 3. The van der Waals surface area contributed by atoms with Crippen LogP contribution in [0.15, 0.2) is 231 Å². The number of pyridine rings is 2. The van der Waals surface area contributed by atoms with Crippen LogP contribution in [-0.4, -0.2) is 14.5 Å². The Hall–Kier alpha value is -8.34. The summed E-state index contributed by atoms with van der Waals surface area (Å²) in [5, 5.41) is 2.48. The lowest BCUT2D eigenvalue weighted by atomic mass is 9.94. The van der Waals surface area contributed by atoms with Gasteiger partial charge in [-0.2, -0.15) is 0 Å². The van der Waals surface area contributed by atoms with Crippen LogP contribution in [0.1, 0.15) is 25.0 Å². The molecule has 4 nitrogen and oxygen atoms in total. The summed E-state index contributed by atoms with van der Waals surface area (Å²) in [4.78, 5) is 11.0. The molecule has 11 aromatic rings. The van der Waals surface area contributed by atoms with Crippen molar-refractivity contribution in [1.29, 1.82) is 0 Å². The summed E-state index contributed by atoms with van der Waals surface area (Å²) < 4.78 is 2.45. The van der Waals surface area contributed by atoms with Crippen LogP contribution < -0.4 is 4.90 Å². The SMILES string of the molecule is CC.Cc1ccccc1-c1c(C)cccc1-n1c2ccccc2c2cc(-c3cccc(-c4ccc(N(c5ccc(-c6cccnc6)cc5)c5ccc(-c6cccnc6)cc5)cc4)c3)ccc21. The monoisotopic (exact) mass is 850 g/mol. The molecule has 8 aromatic carbocycles. The van der Waals surface area contributed by atoms with Crippen molar-refractivity contribution in [3.63, 3.8) is 0 Å². The van der Waals surface area contributed by atoms with E-state index in [0.717, 1.165) is 44.9 Å². The fourth-order valence-corrected chi connectivity index (χ4v) is 9.26. The van der Waals surface area contributed by atoms with Gasteiger partial charge in [-0.1, -0.05) is 141 Å². The smallest absolute Gasteiger partial charge is 0.0543 e. The topological polar surface area (TPSA) is 34.0 Å². The minimum atomic E-state index is 1.07. The summed E-state index contributed by atoms with van der Waals surface area (Å²) in [6.07, 6.45) is 7.43. The highest BCUT2D eigenvalue weighted by Gasteiger charge is 2.19. The molecule has 0 fully saturated rings. The lowest BCUT2D eigenvalue weighted by Crippen LogP contribution is -2.09. The molecule has 0 aliphatic rings. The predicted molar refractivity (Wildman–Crippen MR) is 279 cm³/mol. The van der Waals surface area contributed by atoms with Gasteiger partial charge in [0.05, 0.1) is 16.7 Å². The summed E-state index contributed by atoms with van der Waals surface area (Å²) >= 11 is 0. The molecule has 0 radical (unpaired) electrons. The highest BCUT2D eigenvalue weighted by molar-refractivity contribution is 6.11. The zero-order valence-electron chi connectivity index (χ0n) is 37.7. The van der Waals surface area contributed by atoms with E-state index < -0.39 is 0 Å². The van der Waals surface area contributed by atoms with Crippen LogP contribution in [0.2, 0.25) is 0 Å². The Balaban J connectivity index is 0.00000252. The Morgan fingerprint density at radius 3 is 1.42 bits per heavy atom. The third-order valence-electron chi connectivity index (χ3n) is 12.5. The molecule has 4 heteroatoms. The van der Waals surface area contributed by atoms with Gasteiger partial charge < -0.3 is 9.47 Å². The highest BCUT2D eigenvalue weighted by Crippen LogP contribution is 2.41. The van der Waals surface area contributed by atoms with Gasteiger partial charge in [-0.25, -0.2) is 0 Å². The number of rotatable bonds is 9. The quantitative estimate of drug-likeness (QED) is 0.145. The lowest BCUT2D eigenvalue weighted by Gasteiger charge is -2.26. The van der Waals surface area contributed by atoms with Gasteiger partial charge in [0.15, 0.2) is 0 Å². The van der Waals surface area contributed by atoms with Crippen molar-refractivity contribution < 1.29 is 0 Å². The molecular weight excluding hydrogens is 801 g/mol. The number of hydrogen-bond acceptors (Lipinski definition) is 3. The summed E-state index contributed by atoms with van der Waals surface area (Å²) in [6, 6.07) is 74.6. The molecule has 0 aliphatic heterocycles. The van der Waals surface area contributed by atoms with Crippen LogP contribution in [0.3, 0.4) is 0 Å². The van der Waals surface area contributed by atoms with E-state index in [1.54, 1.807) is 0 Å². The first-order valence-corrected chi connectivity index (χ1v) is 22.8. The molecule has 0 aliphatic carbocycles. The minimum absolute atomic E-state index is 1.07. The summed E-state index contributed by atoms with van der Waals surface area (Å²) in [5.74, 6) is 0. The number of para-hydroxylation sites is 1. The largest absolute Gasteiger partial charge is 0.311 e. The number of fused-ring (bicyclic) bond motifs is 3. The molecule has 0 saturated carbocycles. The van der Waals surface area contributed by atoms with E-state index in [1.165, 1.54) is 66.4 Å². The number of nitrogens with zero attached hydrogens (tertiary/aromatic N) is 4. The van der Waals surface area contributed by atoms with Gasteiger partial charge in [0.1, 0.15) is 0 Å². The van der Waals surface area contributed by atoms with Gasteiger partial charge >= 0.3 is 0 Å². The Kier molecular flexibility index (Phi) is 11.6. The van der Waals surface area contributed by atoms with Gasteiger partial charge in [0.25, 0.3) is 0 Å². The average molecular weight is 851 g/mol. The van der Waals surface area contributed by atoms with E-state index in [0.29, 0.717) is 0 Å². The second-order valence-corrected chi connectivity index (χ2v) is 16.4. The molecule has 0 unspecified atom stereocenters. The van der Waals surface area contributed by atoms with E-state index in [-0.39, 0.29) is 0 Å². The standard InChI is InChI=1S/C60H44N4.C2H6/c1-41-11-3-4-17-54(41)60-42(2)12-7-20-59(60)64-57-19-6-5-18-55(57)56-38-48(27-34-58(56)64)47-14-8-13-46(37-47)43-21-28-51(29-22-43)63(52-30-23-44(24-31-52)49-15-9-35-61-39-49)53-32-25-45(26-33-53)50-16-10-36-62-40-50;1-2/h3-40H,1-2H3;1-2H3.